The molecule has 19 nitrogen and oxygen atoms in total. The number of urea groups is 1. The highest BCUT2D eigenvalue weighted by Crippen LogP contribution is 2.52. The lowest BCUT2D eigenvalue weighted by Crippen LogP contribution is -2.58. The van der Waals surface area contributed by atoms with Crippen LogP contribution in [-0.2, 0) is 38.2 Å². The number of hydrazine groups is 1. The number of hydrogen-bond donors (Lipinski definition) is 3. The molecule has 5 amide bonds. The van der Waals surface area contributed by atoms with Gasteiger partial charge in [-0.15, -0.1) is 0 Å². The second-order valence-electron chi connectivity index (χ2n) is 16.2. The number of carbonyl (C=O) groups is 6. The molecule has 0 saturated carbocycles. The molecule has 0 radical (unpaired) electrons. The maximum absolute atomic E-state index is 14.6. The Bertz CT molecular complexity index is 2210. The van der Waals surface area contributed by atoms with Crippen molar-refractivity contribution in [2.75, 3.05) is 25.0 Å². The first-order valence-electron chi connectivity index (χ1n) is 18.6. The molecule has 4 heterocycles. The molecule has 1 aromatic heterocycles. The van der Waals surface area contributed by atoms with Crippen molar-refractivity contribution in [3.05, 3.63) is 88.3 Å². The Morgan fingerprint density at radius 1 is 0.867 bits per heavy atom. The maximum atomic E-state index is 14.6. The molecular weight excluding hydrogens is 819 g/mol. The number of rotatable bonds is 12. The molecule has 4 N–H and O–H groups in total. The van der Waals surface area contributed by atoms with E-state index in [1.54, 1.807) is 90.1 Å². The van der Waals surface area contributed by atoms with Gasteiger partial charge in [0.05, 0.1) is 13.1 Å². The first kappa shape index (κ1) is 43.5. The van der Waals surface area contributed by atoms with Gasteiger partial charge in [-0.05, 0) is 66.5 Å². The van der Waals surface area contributed by atoms with E-state index in [9.17, 15) is 28.8 Å². The number of anilines is 1. The van der Waals surface area contributed by atoms with E-state index in [-0.39, 0.29) is 41.3 Å². The van der Waals surface area contributed by atoms with Crippen molar-refractivity contribution in [1.82, 2.24) is 29.5 Å². The van der Waals surface area contributed by atoms with Crippen LogP contribution in [0.4, 0.5) is 14.7 Å². The standard InChI is InChI=1S/C39H45N9O10S2/c1-36(2,3)56-31(51)38(7,8)58-44-24(27-42-33(60-45-27)43-34(53)57-37(4,5)6)28(49)41-25-29(50)46-21-39(59-30(25)46,47-19-20-48(40)35(47)54)32(52)55-26(22-15-11-9-12-16-22)23-17-13-10-14-18-23/h9-18,26H,19-21,40H2,1-8H3,(H,41,49)(H,42,43,45,53)/b44-24-/t39-/m1/s1. The van der Waals surface area contributed by atoms with Crippen LogP contribution in [0.15, 0.2) is 76.5 Å². The van der Waals surface area contributed by atoms with Crippen LogP contribution in [-0.4, -0.2) is 107 Å². The number of benzene rings is 2. The number of oxime groups is 1. The predicted octanol–water partition coefficient (Wildman–Crippen LogP) is 4.24. The third-order valence-corrected chi connectivity index (χ3v) is 10.8. The van der Waals surface area contributed by atoms with Gasteiger partial charge in [0.15, 0.2) is 6.10 Å². The summed E-state index contributed by atoms with van der Waals surface area (Å²) in [5.74, 6) is 2.27. The second-order valence-corrected chi connectivity index (χ2v) is 18.3. The summed E-state index contributed by atoms with van der Waals surface area (Å²) in [6.07, 6.45) is -1.72. The molecule has 318 valence electrons. The molecule has 3 aliphatic heterocycles. The van der Waals surface area contributed by atoms with Crippen molar-refractivity contribution in [2.45, 2.75) is 83.2 Å². The minimum atomic E-state index is -1.82. The Kier molecular flexibility index (Phi) is 12.0. The highest BCUT2D eigenvalue weighted by molar-refractivity contribution is 8.05. The molecule has 3 aliphatic rings. The summed E-state index contributed by atoms with van der Waals surface area (Å²) in [5, 5.41) is 9.97. The number of thioether (sulfide) groups is 1. The molecule has 6 rings (SSSR count). The number of carbonyl (C=O) groups excluding carboxylic acids is 6. The third-order valence-electron chi connectivity index (χ3n) is 8.74. The third kappa shape index (κ3) is 9.37. The van der Waals surface area contributed by atoms with E-state index in [0.29, 0.717) is 22.7 Å². The summed E-state index contributed by atoms with van der Waals surface area (Å²) in [4.78, 5) is 91.9. The van der Waals surface area contributed by atoms with Crippen LogP contribution in [0.2, 0.25) is 0 Å². The smallest absolute Gasteiger partial charge is 0.414 e. The van der Waals surface area contributed by atoms with Crippen LogP contribution in [0, 0.1) is 0 Å². The fourth-order valence-electron chi connectivity index (χ4n) is 5.91. The van der Waals surface area contributed by atoms with Crippen LogP contribution in [0.3, 0.4) is 0 Å². The summed E-state index contributed by atoms with van der Waals surface area (Å²) in [5.41, 5.74) is -2.92. The van der Waals surface area contributed by atoms with E-state index in [4.69, 9.17) is 24.9 Å². The average molecular weight is 864 g/mol. The van der Waals surface area contributed by atoms with Crippen LogP contribution < -0.4 is 16.5 Å². The van der Waals surface area contributed by atoms with Gasteiger partial charge in [-0.25, -0.2) is 25.0 Å². The zero-order valence-electron chi connectivity index (χ0n) is 34.1. The normalized spacial score (nSPS) is 18.3. The summed E-state index contributed by atoms with van der Waals surface area (Å²) < 4.78 is 21.1. The molecule has 0 bridgehead atoms. The van der Waals surface area contributed by atoms with E-state index in [1.807, 2.05) is 12.1 Å². The number of amides is 5. The topological polar surface area (TPSA) is 237 Å². The fourth-order valence-corrected chi connectivity index (χ4v) is 7.89. The van der Waals surface area contributed by atoms with Gasteiger partial charge in [0.25, 0.3) is 11.8 Å². The minimum absolute atomic E-state index is 0.0342. The Morgan fingerprint density at radius 3 is 2.02 bits per heavy atom. The van der Waals surface area contributed by atoms with Crippen molar-refractivity contribution in [2.24, 2.45) is 11.0 Å². The van der Waals surface area contributed by atoms with Gasteiger partial charge in [-0.3, -0.25) is 29.7 Å². The lowest BCUT2D eigenvalue weighted by Gasteiger charge is -2.35. The van der Waals surface area contributed by atoms with E-state index in [0.717, 1.165) is 16.8 Å². The first-order valence-corrected chi connectivity index (χ1v) is 20.2. The maximum Gasteiger partial charge on any atom is 0.414 e. The number of hydrogen-bond acceptors (Lipinski definition) is 16. The Hall–Kier alpha value is -6.06. The lowest BCUT2D eigenvalue weighted by atomic mass is 10.0. The van der Waals surface area contributed by atoms with Gasteiger partial charge < -0.3 is 24.4 Å². The molecule has 2 aromatic carbocycles. The molecule has 0 spiro atoms. The monoisotopic (exact) mass is 863 g/mol. The van der Waals surface area contributed by atoms with Crippen LogP contribution >= 0.6 is 23.3 Å². The number of nitrogens with one attached hydrogen (secondary N) is 2. The number of fused-ring (bicyclic) bond motifs is 1. The van der Waals surface area contributed by atoms with Crippen LogP contribution in [0.1, 0.15) is 78.4 Å². The second kappa shape index (κ2) is 16.5. The predicted molar refractivity (Wildman–Crippen MR) is 218 cm³/mol. The zero-order chi connectivity index (χ0) is 43.8. The van der Waals surface area contributed by atoms with Crippen LogP contribution in [0.25, 0.3) is 0 Å². The van der Waals surface area contributed by atoms with Crippen molar-refractivity contribution in [3.63, 3.8) is 0 Å². The molecule has 2 fully saturated rings. The van der Waals surface area contributed by atoms with E-state index in [2.05, 4.69) is 25.1 Å². The van der Waals surface area contributed by atoms with Crippen molar-refractivity contribution in [3.8, 4) is 0 Å². The Morgan fingerprint density at radius 2 is 1.47 bits per heavy atom. The van der Waals surface area contributed by atoms with E-state index >= 15 is 0 Å². The molecule has 2 saturated heterocycles. The Labute approximate surface area is 353 Å². The molecule has 0 unspecified atom stereocenters. The highest BCUT2D eigenvalue weighted by atomic mass is 32.2. The molecule has 0 aliphatic carbocycles. The SMILES string of the molecule is CC(C)(C)OC(=O)Nc1nc(/C(=N/OC(C)(C)C(=O)OC(C)(C)C)C(=O)NC2=C3S[C@](C(=O)OC(c4ccccc4)c4ccccc4)(N4CCN(N)C4=O)CN3C2=O)ns1. The van der Waals surface area contributed by atoms with Gasteiger partial charge >= 0.3 is 24.1 Å². The summed E-state index contributed by atoms with van der Waals surface area (Å²) >= 11 is 1.55. The fraction of sp³-hybridized carbons (Fsp3) is 0.410. The zero-order valence-corrected chi connectivity index (χ0v) is 35.8. The number of aromatic nitrogens is 2. The minimum Gasteiger partial charge on any atom is -0.457 e. The largest absolute Gasteiger partial charge is 0.457 e. The first-order chi connectivity index (χ1) is 28.1. The Balaban J connectivity index is 1.32. The number of nitrogens with two attached hydrogens (primary N) is 1. The van der Waals surface area contributed by atoms with Gasteiger partial charge in [-0.1, -0.05) is 77.6 Å². The number of esters is 2. The van der Waals surface area contributed by atoms with Crippen molar-refractivity contribution >= 4 is 70.0 Å². The van der Waals surface area contributed by atoms with Crippen LogP contribution in [0.5, 0.6) is 0 Å². The van der Waals surface area contributed by atoms with E-state index < -0.39 is 69.4 Å². The number of nitrogens with zero attached hydrogens (tertiary/aromatic N) is 6. The lowest BCUT2D eigenvalue weighted by molar-refractivity contribution is -0.179. The molecule has 60 heavy (non-hydrogen) atoms. The van der Waals surface area contributed by atoms with Gasteiger partial charge in [0, 0.05) is 18.1 Å². The molecule has 21 heteroatoms. The van der Waals surface area contributed by atoms with Gasteiger partial charge in [-0.2, -0.15) is 9.36 Å². The summed E-state index contributed by atoms with van der Waals surface area (Å²) in [6.45, 7) is 12.6. The molecule has 3 aromatic rings. The summed E-state index contributed by atoms with van der Waals surface area (Å²) in [6, 6.07) is 17.4. The van der Waals surface area contributed by atoms with E-state index in [1.165, 1.54) is 23.6 Å². The van der Waals surface area contributed by atoms with Gasteiger partial charge in [0.2, 0.25) is 27.1 Å². The van der Waals surface area contributed by atoms with Crippen molar-refractivity contribution in [1.29, 1.82) is 0 Å². The average Bonchev–Trinajstić information content (AvgIpc) is 3.88. The molecular formula is C39H45N9O10S2. The number of ether oxygens (including phenoxy) is 3. The molecule has 1 atom stereocenters. The van der Waals surface area contributed by atoms with Gasteiger partial charge in [0.1, 0.15) is 21.9 Å². The highest BCUT2D eigenvalue weighted by Gasteiger charge is 2.63. The summed E-state index contributed by atoms with van der Waals surface area (Å²) in [7, 11) is 0. The quantitative estimate of drug-likeness (QED) is 0.0577. The van der Waals surface area contributed by atoms with Crippen molar-refractivity contribution < 1.29 is 47.8 Å².